The Bertz CT molecular complexity index is 200. The molecule has 0 saturated heterocycles. The van der Waals surface area contributed by atoms with Crippen LogP contribution < -0.4 is 0 Å². The zero-order valence-corrected chi connectivity index (χ0v) is 12.9. The van der Waals surface area contributed by atoms with Crippen molar-refractivity contribution in [1.29, 1.82) is 0 Å². The molecule has 0 atom stereocenters. The van der Waals surface area contributed by atoms with Crippen molar-refractivity contribution in [2.45, 2.75) is 52.2 Å². The predicted molar refractivity (Wildman–Crippen MR) is 70.5 cm³/mol. The topological polar surface area (TPSA) is 9.23 Å². The van der Waals surface area contributed by atoms with Gasteiger partial charge in [0.2, 0.25) is 0 Å². The van der Waals surface area contributed by atoms with Gasteiger partial charge < -0.3 is 4.43 Å². The van der Waals surface area contributed by atoms with E-state index in [0.29, 0.717) is 5.04 Å². The fourth-order valence-electron chi connectivity index (χ4n) is 0.788. The molecule has 0 unspecified atom stereocenters. The summed E-state index contributed by atoms with van der Waals surface area (Å²) in [5, 5.41) is 0.320. The van der Waals surface area contributed by atoms with Gasteiger partial charge in [0.25, 0.3) is 0 Å². The smallest absolute Gasteiger partial charge is 0.191 e. The summed E-state index contributed by atoms with van der Waals surface area (Å²) in [4.78, 5) is 0. The van der Waals surface area contributed by atoms with E-state index in [2.05, 4.69) is 55.9 Å². The van der Waals surface area contributed by atoms with Crippen molar-refractivity contribution >= 4 is 24.2 Å². The van der Waals surface area contributed by atoms with Crippen LogP contribution in [0.25, 0.3) is 0 Å². The first-order chi connectivity index (χ1) is 6.17. The lowest BCUT2D eigenvalue weighted by Gasteiger charge is -2.36. The lowest BCUT2D eigenvalue weighted by molar-refractivity contribution is 0.294. The molecule has 84 valence electrons. The summed E-state index contributed by atoms with van der Waals surface area (Å²) in [6.45, 7) is 14.3. The van der Waals surface area contributed by atoms with E-state index < -0.39 is 8.32 Å². The predicted octanol–water partition coefficient (Wildman–Crippen LogP) is 4.70. The molecule has 0 aromatic rings. The van der Waals surface area contributed by atoms with Gasteiger partial charge in [-0.2, -0.15) is 0 Å². The van der Waals surface area contributed by atoms with Gasteiger partial charge in [0.15, 0.2) is 8.32 Å². The maximum atomic E-state index is 6.02. The third-order valence-electron chi connectivity index (χ3n) is 2.81. The summed E-state index contributed by atoms with van der Waals surface area (Å²) in [5.41, 5.74) is 0. The van der Waals surface area contributed by atoms with Crippen molar-refractivity contribution in [3.05, 3.63) is 10.6 Å². The molecule has 0 aliphatic rings. The highest BCUT2D eigenvalue weighted by atomic mass is 79.9. The molecule has 0 amide bonds. The van der Waals surface area contributed by atoms with E-state index in [4.69, 9.17) is 4.43 Å². The molecule has 0 aliphatic heterocycles. The van der Waals surface area contributed by atoms with Gasteiger partial charge in [0.05, 0.1) is 0 Å². The molecular formula is C11H23BrOSi. The van der Waals surface area contributed by atoms with Crippen molar-refractivity contribution in [1.82, 2.24) is 0 Å². The zero-order chi connectivity index (χ0) is 11.4. The Labute approximate surface area is 98.2 Å². The number of hydrogen-bond acceptors (Lipinski definition) is 1. The quantitative estimate of drug-likeness (QED) is 0.535. The molecule has 1 nitrogen and oxygen atoms in total. The van der Waals surface area contributed by atoms with Gasteiger partial charge in [-0.15, -0.1) is 0 Å². The average molecular weight is 279 g/mol. The lowest BCUT2D eigenvalue weighted by Crippen LogP contribution is -2.40. The molecule has 0 radical (unpaired) electrons. The monoisotopic (exact) mass is 278 g/mol. The fourth-order valence-corrected chi connectivity index (χ4v) is 2.08. The first-order valence-corrected chi connectivity index (χ1v) is 8.83. The van der Waals surface area contributed by atoms with Crippen LogP contribution in [0.3, 0.4) is 0 Å². The molecule has 0 fully saturated rings. The second-order valence-corrected chi connectivity index (χ2v) is 11.2. The first-order valence-electron chi connectivity index (χ1n) is 5.13. The number of hydrogen-bond donors (Lipinski definition) is 0. The Kier molecular flexibility index (Phi) is 5.63. The van der Waals surface area contributed by atoms with Crippen LogP contribution in [0.1, 0.15) is 34.1 Å². The third kappa shape index (κ3) is 5.32. The minimum Gasteiger partial charge on any atom is -0.417 e. The second kappa shape index (κ2) is 5.47. The maximum Gasteiger partial charge on any atom is 0.191 e. The van der Waals surface area contributed by atoms with E-state index in [0.717, 1.165) is 13.0 Å². The van der Waals surface area contributed by atoms with Crippen molar-refractivity contribution in [3.63, 3.8) is 0 Å². The number of halogens is 1. The maximum absolute atomic E-state index is 6.02. The van der Waals surface area contributed by atoms with E-state index in [1.807, 2.05) is 6.92 Å². The molecule has 0 aliphatic carbocycles. The highest BCUT2D eigenvalue weighted by molar-refractivity contribution is 9.11. The fraction of sp³-hybridized carbons (Fsp3) is 0.818. The Balaban J connectivity index is 3.95. The minimum atomic E-state index is -1.52. The van der Waals surface area contributed by atoms with E-state index in [-0.39, 0.29) is 0 Å². The molecule has 0 bridgehead atoms. The molecular weight excluding hydrogens is 256 g/mol. The summed E-state index contributed by atoms with van der Waals surface area (Å²) < 4.78 is 7.21. The molecule has 0 heterocycles. The Hall–Kier alpha value is 0.397. The van der Waals surface area contributed by atoms with Crippen LogP contribution >= 0.6 is 15.9 Å². The molecule has 0 aromatic heterocycles. The minimum absolute atomic E-state index is 0.320. The van der Waals surface area contributed by atoms with E-state index in [1.54, 1.807) is 0 Å². The highest BCUT2D eigenvalue weighted by Crippen LogP contribution is 2.36. The van der Waals surface area contributed by atoms with Gasteiger partial charge in [-0.3, -0.25) is 0 Å². The molecule has 0 aromatic carbocycles. The number of allylic oxidation sites excluding steroid dienone is 1. The highest BCUT2D eigenvalue weighted by Gasteiger charge is 2.36. The summed E-state index contributed by atoms with van der Waals surface area (Å²) >= 11 is 3.41. The van der Waals surface area contributed by atoms with Crippen LogP contribution in [0.15, 0.2) is 10.6 Å². The van der Waals surface area contributed by atoms with E-state index in [9.17, 15) is 0 Å². The second-order valence-electron chi connectivity index (χ2n) is 5.19. The van der Waals surface area contributed by atoms with Gasteiger partial charge in [-0.25, -0.2) is 0 Å². The van der Waals surface area contributed by atoms with Gasteiger partial charge in [-0.1, -0.05) is 42.8 Å². The summed E-state index contributed by atoms with van der Waals surface area (Å²) in [7, 11) is -1.52. The van der Waals surface area contributed by atoms with Crippen LogP contribution in [0.5, 0.6) is 0 Å². The van der Waals surface area contributed by atoms with E-state index >= 15 is 0 Å². The summed E-state index contributed by atoms with van der Waals surface area (Å²) in [6.07, 6.45) is 3.16. The summed E-state index contributed by atoms with van der Waals surface area (Å²) in [5.74, 6) is 0. The largest absolute Gasteiger partial charge is 0.417 e. The first kappa shape index (κ1) is 14.4. The van der Waals surface area contributed by atoms with Crippen LogP contribution in [-0.2, 0) is 4.43 Å². The Morgan fingerprint density at radius 2 is 1.86 bits per heavy atom. The molecule has 3 heteroatoms. The van der Waals surface area contributed by atoms with Gasteiger partial charge >= 0.3 is 0 Å². The van der Waals surface area contributed by atoms with E-state index in [1.165, 1.54) is 4.48 Å². The van der Waals surface area contributed by atoms with Crippen LogP contribution in [0, 0.1) is 0 Å². The molecule has 14 heavy (non-hydrogen) atoms. The number of rotatable bonds is 4. The molecule has 0 rings (SSSR count). The van der Waals surface area contributed by atoms with Crippen molar-refractivity contribution in [3.8, 4) is 0 Å². The van der Waals surface area contributed by atoms with Gasteiger partial charge in [0.1, 0.15) is 0 Å². The lowest BCUT2D eigenvalue weighted by atomic mass is 10.2. The Morgan fingerprint density at radius 1 is 1.36 bits per heavy atom. The average Bonchev–Trinajstić information content (AvgIpc) is 1.95. The molecule has 0 spiro atoms. The van der Waals surface area contributed by atoms with Crippen molar-refractivity contribution in [2.24, 2.45) is 0 Å². The third-order valence-corrected chi connectivity index (χ3v) is 7.67. The van der Waals surface area contributed by atoms with Crippen LogP contribution in [0.2, 0.25) is 18.1 Å². The van der Waals surface area contributed by atoms with Gasteiger partial charge in [-0.05, 0) is 36.0 Å². The molecule has 0 saturated carbocycles. The zero-order valence-electron chi connectivity index (χ0n) is 10.3. The van der Waals surface area contributed by atoms with Gasteiger partial charge in [0, 0.05) is 6.61 Å². The summed E-state index contributed by atoms with van der Waals surface area (Å²) in [6, 6.07) is 0. The van der Waals surface area contributed by atoms with Crippen LogP contribution in [0.4, 0.5) is 0 Å². The Morgan fingerprint density at radius 3 is 2.21 bits per heavy atom. The van der Waals surface area contributed by atoms with Crippen molar-refractivity contribution < 1.29 is 4.43 Å². The normalized spacial score (nSPS) is 14.6. The molecule has 0 N–H and O–H groups in total. The van der Waals surface area contributed by atoms with Crippen LogP contribution in [-0.4, -0.2) is 14.9 Å². The SMILES string of the molecule is CC(Br)=CCCO[Si](C)(C)C(C)(C)C. The van der Waals surface area contributed by atoms with Crippen molar-refractivity contribution in [2.75, 3.05) is 6.61 Å². The standard InChI is InChI=1S/C11H23BrOSi/c1-10(12)8-7-9-13-14(5,6)11(2,3)4/h8H,7,9H2,1-6H3.